The van der Waals surface area contributed by atoms with Crippen LogP contribution < -0.4 is 9.47 Å². The molecule has 4 nitrogen and oxygen atoms in total. The van der Waals surface area contributed by atoms with Gasteiger partial charge in [0.05, 0.1) is 19.0 Å². The highest BCUT2D eigenvalue weighted by atomic mass is 79.9. The molecular weight excluding hydrogens is 303 g/mol. The summed E-state index contributed by atoms with van der Waals surface area (Å²) in [6.45, 7) is 2.20. The Morgan fingerprint density at radius 2 is 2.11 bits per heavy atom. The summed E-state index contributed by atoms with van der Waals surface area (Å²) >= 11 is 3.28. The minimum atomic E-state index is -0.474. The number of hydrogen-bond donors (Lipinski definition) is 0. The number of halogens is 2. The molecule has 6 heteroatoms. The second-order valence-electron chi connectivity index (χ2n) is 3.33. The van der Waals surface area contributed by atoms with Crippen molar-refractivity contribution in [3.8, 4) is 17.4 Å². The Kier molecular flexibility index (Phi) is 4.09. The molecule has 0 aromatic carbocycles. The molecule has 0 aliphatic rings. The van der Waals surface area contributed by atoms with Gasteiger partial charge in [0.15, 0.2) is 5.75 Å². The molecule has 0 aliphatic heterocycles. The maximum Gasteiger partial charge on any atom is 0.262 e. The van der Waals surface area contributed by atoms with Crippen LogP contribution in [-0.2, 0) is 0 Å². The molecule has 0 N–H and O–H groups in total. The van der Waals surface area contributed by atoms with E-state index in [-0.39, 0.29) is 11.6 Å². The van der Waals surface area contributed by atoms with Gasteiger partial charge in [-0.2, -0.15) is 0 Å². The summed E-state index contributed by atoms with van der Waals surface area (Å²) in [7, 11) is 0. The number of pyridine rings is 2. The molecule has 0 amide bonds. The summed E-state index contributed by atoms with van der Waals surface area (Å²) in [5, 5.41) is 0. The normalized spacial score (nSPS) is 10.2. The molecule has 0 fully saturated rings. The predicted octanol–water partition coefficient (Wildman–Crippen LogP) is 3.57. The summed E-state index contributed by atoms with van der Waals surface area (Å²) < 4.78 is 24.6. The van der Waals surface area contributed by atoms with Crippen LogP contribution in [0.4, 0.5) is 4.39 Å². The lowest BCUT2D eigenvalue weighted by Gasteiger charge is -2.10. The zero-order valence-corrected chi connectivity index (χ0v) is 11.1. The predicted molar refractivity (Wildman–Crippen MR) is 67.4 cm³/mol. The summed E-state index contributed by atoms with van der Waals surface area (Å²) in [5.41, 5.74) is 0. The highest BCUT2D eigenvalue weighted by Gasteiger charge is 2.10. The molecule has 0 atom stereocenters. The fourth-order valence-corrected chi connectivity index (χ4v) is 1.65. The standard InChI is InChI=1S/C12H10BrFN2O2/c1-2-17-11-4-9(14)6-16-12(11)18-10-3-8(13)5-15-7-10/h3-7H,2H2,1H3. The molecule has 94 valence electrons. The van der Waals surface area contributed by atoms with Crippen molar-refractivity contribution in [3.63, 3.8) is 0 Å². The first-order valence-corrected chi connectivity index (χ1v) is 6.05. The zero-order valence-electron chi connectivity index (χ0n) is 9.56. The van der Waals surface area contributed by atoms with E-state index in [1.54, 1.807) is 19.2 Å². The maximum absolute atomic E-state index is 13.1. The van der Waals surface area contributed by atoms with E-state index in [1.807, 2.05) is 0 Å². The van der Waals surface area contributed by atoms with Gasteiger partial charge in [-0.15, -0.1) is 0 Å². The zero-order chi connectivity index (χ0) is 13.0. The Morgan fingerprint density at radius 1 is 1.28 bits per heavy atom. The Labute approximate surface area is 112 Å². The van der Waals surface area contributed by atoms with Crippen LogP contribution in [0.3, 0.4) is 0 Å². The fourth-order valence-electron chi connectivity index (χ4n) is 1.30. The van der Waals surface area contributed by atoms with Gasteiger partial charge in [0.1, 0.15) is 11.6 Å². The lowest BCUT2D eigenvalue weighted by molar-refractivity contribution is 0.313. The summed E-state index contributed by atoms with van der Waals surface area (Å²) in [5.74, 6) is 0.484. The van der Waals surface area contributed by atoms with Crippen LogP contribution in [0.25, 0.3) is 0 Å². The van der Waals surface area contributed by atoms with Gasteiger partial charge in [-0.05, 0) is 28.9 Å². The first kappa shape index (κ1) is 12.8. The average molecular weight is 313 g/mol. The summed E-state index contributed by atoms with van der Waals surface area (Å²) in [6.07, 6.45) is 4.24. The molecule has 0 bridgehead atoms. The van der Waals surface area contributed by atoms with Gasteiger partial charge in [0.25, 0.3) is 5.88 Å². The summed E-state index contributed by atoms with van der Waals surface area (Å²) in [6, 6.07) is 2.96. The number of aromatic nitrogens is 2. The van der Waals surface area contributed by atoms with Crippen molar-refractivity contribution in [2.24, 2.45) is 0 Å². The first-order chi connectivity index (χ1) is 8.69. The fraction of sp³-hybridized carbons (Fsp3) is 0.167. The van der Waals surface area contributed by atoms with E-state index in [0.29, 0.717) is 12.4 Å². The van der Waals surface area contributed by atoms with E-state index in [1.165, 1.54) is 12.3 Å². The van der Waals surface area contributed by atoms with Gasteiger partial charge in [-0.25, -0.2) is 9.37 Å². The van der Waals surface area contributed by atoms with Crippen molar-refractivity contribution in [2.45, 2.75) is 6.92 Å². The third kappa shape index (κ3) is 3.16. The van der Waals surface area contributed by atoms with Crippen molar-refractivity contribution >= 4 is 15.9 Å². The first-order valence-electron chi connectivity index (χ1n) is 5.26. The molecule has 2 aromatic rings. The van der Waals surface area contributed by atoms with Crippen LogP contribution in [0.1, 0.15) is 6.92 Å². The molecule has 0 radical (unpaired) electrons. The van der Waals surface area contributed by atoms with Crippen LogP contribution in [0, 0.1) is 5.82 Å². The lowest BCUT2D eigenvalue weighted by Crippen LogP contribution is -1.98. The van der Waals surface area contributed by atoms with Crippen LogP contribution in [-0.4, -0.2) is 16.6 Å². The van der Waals surface area contributed by atoms with E-state index in [0.717, 1.165) is 10.7 Å². The number of ether oxygens (including phenoxy) is 2. The quantitative estimate of drug-likeness (QED) is 0.865. The average Bonchev–Trinajstić information content (AvgIpc) is 2.33. The van der Waals surface area contributed by atoms with Gasteiger partial charge in [0, 0.05) is 16.7 Å². The van der Waals surface area contributed by atoms with Crippen LogP contribution in [0.15, 0.2) is 35.2 Å². The highest BCUT2D eigenvalue weighted by Crippen LogP contribution is 2.30. The van der Waals surface area contributed by atoms with Crippen LogP contribution in [0.5, 0.6) is 17.4 Å². The topological polar surface area (TPSA) is 44.2 Å². The monoisotopic (exact) mass is 312 g/mol. The molecule has 0 aliphatic carbocycles. The van der Waals surface area contributed by atoms with Crippen molar-refractivity contribution < 1.29 is 13.9 Å². The molecule has 0 unspecified atom stereocenters. The molecule has 2 heterocycles. The summed E-state index contributed by atoms with van der Waals surface area (Å²) in [4.78, 5) is 7.82. The molecule has 18 heavy (non-hydrogen) atoms. The molecule has 0 saturated carbocycles. The Bertz CT molecular complexity index is 551. The van der Waals surface area contributed by atoms with E-state index in [9.17, 15) is 4.39 Å². The van der Waals surface area contributed by atoms with Gasteiger partial charge in [0.2, 0.25) is 0 Å². The number of rotatable bonds is 4. The number of hydrogen-bond acceptors (Lipinski definition) is 4. The minimum Gasteiger partial charge on any atom is -0.488 e. The molecule has 2 rings (SSSR count). The SMILES string of the molecule is CCOc1cc(F)cnc1Oc1cncc(Br)c1. The minimum absolute atomic E-state index is 0.207. The molecule has 0 spiro atoms. The largest absolute Gasteiger partial charge is 0.488 e. The van der Waals surface area contributed by atoms with Crippen molar-refractivity contribution in [1.82, 2.24) is 9.97 Å². The van der Waals surface area contributed by atoms with E-state index in [2.05, 4.69) is 25.9 Å². The van der Waals surface area contributed by atoms with Gasteiger partial charge < -0.3 is 9.47 Å². The van der Waals surface area contributed by atoms with Crippen molar-refractivity contribution in [3.05, 3.63) is 41.0 Å². The van der Waals surface area contributed by atoms with E-state index >= 15 is 0 Å². The van der Waals surface area contributed by atoms with Crippen LogP contribution >= 0.6 is 15.9 Å². The van der Waals surface area contributed by atoms with Gasteiger partial charge in [-0.3, -0.25) is 4.98 Å². The van der Waals surface area contributed by atoms with E-state index in [4.69, 9.17) is 9.47 Å². The molecular formula is C12H10BrFN2O2. The Balaban J connectivity index is 2.28. The lowest BCUT2D eigenvalue weighted by atomic mass is 10.4. The molecule has 0 saturated heterocycles. The van der Waals surface area contributed by atoms with Crippen LogP contribution in [0.2, 0.25) is 0 Å². The second kappa shape index (κ2) is 5.77. The number of nitrogens with zero attached hydrogens (tertiary/aromatic N) is 2. The van der Waals surface area contributed by atoms with Gasteiger partial charge >= 0.3 is 0 Å². The molecule has 2 aromatic heterocycles. The third-order valence-electron chi connectivity index (χ3n) is 1.98. The highest BCUT2D eigenvalue weighted by molar-refractivity contribution is 9.10. The van der Waals surface area contributed by atoms with Crippen molar-refractivity contribution in [1.29, 1.82) is 0 Å². The maximum atomic E-state index is 13.1. The Morgan fingerprint density at radius 3 is 2.83 bits per heavy atom. The van der Waals surface area contributed by atoms with E-state index < -0.39 is 5.82 Å². The van der Waals surface area contributed by atoms with Crippen molar-refractivity contribution in [2.75, 3.05) is 6.61 Å². The smallest absolute Gasteiger partial charge is 0.262 e. The third-order valence-corrected chi connectivity index (χ3v) is 2.41. The Hall–Kier alpha value is -1.69. The second-order valence-corrected chi connectivity index (χ2v) is 4.25. The van der Waals surface area contributed by atoms with Gasteiger partial charge in [-0.1, -0.05) is 0 Å².